The molecule has 0 saturated carbocycles. The van der Waals surface area contributed by atoms with Gasteiger partial charge in [-0.05, 0) is 25.1 Å². The van der Waals surface area contributed by atoms with Gasteiger partial charge in [-0.15, -0.1) is 11.3 Å². The predicted octanol–water partition coefficient (Wildman–Crippen LogP) is 2.17. The Bertz CT molecular complexity index is 698. The molecular weight excluding hydrogens is 306 g/mol. The van der Waals surface area contributed by atoms with Crippen LogP contribution < -0.4 is 10.5 Å². The maximum Gasteiger partial charge on any atom is 0.242 e. The van der Waals surface area contributed by atoms with E-state index in [0.717, 1.165) is 4.88 Å². The summed E-state index contributed by atoms with van der Waals surface area (Å²) in [4.78, 5) is 5.13. The van der Waals surface area contributed by atoms with Crippen LogP contribution in [0.4, 0.5) is 5.69 Å². The normalized spacial score (nSPS) is 11.7. The number of hydrogen-bond acceptors (Lipinski definition) is 5. The van der Waals surface area contributed by atoms with Crippen molar-refractivity contribution in [3.05, 3.63) is 39.3 Å². The molecule has 5 nitrogen and oxygen atoms in total. The van der Waals surface area contributed by atoms with Crippen LogP contribution in [0.2, 0.25) is 5.02 Å². The number of nitrogens with two attached hydrogens (primary N) is 1. The summed E-state index contributed by atoms with van der Waals surface area (Å²) in [7, 11) is -3.66. The average Bonchev–Trinajstić information content (AvgIpc) is 2.72. The molecule has 1 heterocycles. The van der Waals surface area contributed by atoms with Crippen molar-refractivity contribution in [3.63, 3.8) is 0 Å². The summed E-state index contributed by atoms with van der Waals surface area (Å²) in [6.45, 7) is 2.05. The maximum absolute atomic E-state index is 12.1. The van der Waals surface area contributed by atoms with E-state index in [0.29, 0.717) is 10.0 Å². The standard InChI is InChI=1S/C11H12ClN3O2S2/c1-7-5-14-11(18-7)6-15-19(16,17)10-3-2-8(12)4-9(10)13/h2-5,15H,6,13H2,1H3. The molecule has 1 aromatic heterocycles. The number of nitrogen functional groups attached to an aromatic ring is 1. The molecule has 19 heavy (non-hydrogen) atoms. The molecule has 8 heteroatoms. The third-order valence-electron chi connectivity index (χ3n) is 2.34. The zero-order valence-electron chi connectivity index (χ0n) is 10.1. The van der Waals surface area contributed by atoms with Gasteiger partial charge >= 0.3 is 0 Å². The SMILES string of the molecule is Cc1cnc(CNS(=O)(=O)c2ccc(Cl)cc2N)s1. The van der Waals surface area contributed by atoms with E-state index in [9.17, 15) is 8.42 Å². The predicted molar refractivity (Wildman–Crippen MR) is 76.7 cm³/mol. The van der Waals surface area contributed by atoms with E-state index < -0.39 is 10.0 Å². The van der Waals surface area contributed by atoms with E-state index in [1.54, 1.807) is 6.20 Å². The van der Waals surface area contributed by atoms with Crippen molar-refractivity contribution < 1.29 is 8.42 Å². The number of benzene rings is 1. The lowest BCUT2D eigenvalue weighted by atomic mass is 10.3. The first-order chi connectivity index (χ1) is 8.88. The Morgan fingerprint density at radius 2 is 2.21 bits per heavy atom. The van der Waals surface area contributed by atoms with E-state index in [4.69, 9.17) is 17.3 Å². The number of thiazole rings is 1. The van der Waals surface area contributed by atoms with Gasteiger partial charge in [-0.3, -0.25) is 0 Å². The summed E-state index contributed by atoms with van der Waals surface area (Å²) < 4.78 is 26.6. The summed E-state index contributed by atoms with van der Waals surface area (Å²) in [6.07, 6.45) is 1.70. The van der Waals surface area contributed by atoms with E-state index in [2.05, 4.69) is 9.71 Å². The minimum atomic E-state index is -3.66. The van der Waals surface area contributed by atoms with Crippen LogP contribution in [0.25, 0.3) is 0 Å². The topological polar surface area (TPSA) is 85.1 Å². The first-order valence-electron chi connectivity index (χ1n) is 5.34. The Labute approximate surface area is 120 Å². The smallest absolute Gasteiger partial charge is 0.242 e. The Hall–Kier alpha value is -1.15. The molecule has 0 aliphatic carbocycles. The minimum absolute atomic E-state index is 0.0187. The largest absolute Gasteiger partial charge is 0.398 e. The number of halogens is 1. The van der Waals surface area contributed by atoms with Crippen LogP contribution in [-0.2, 0) is 16.6 Å². The fourth-order valence-electron chi connectivity index (χ4n) is 1.48. The molecular formula is C11H12ClN3O2S2. The van der Waals surface area contributed by atoms with Gasteiger partial charge < -0.3 is 5.73 Å². The van der Waals surface area contributed by atoms with Crippen molar-refractivity contribution >= 4 is 38.6 Å². The van der Waals surface area contributed by atoms with Gasteiger partial charge in [0.25, 0.3) is 0 Å². The number of rotatable bonds is 4. The van der Waals surface area contributed by atoms with Gasteiger partial charge in [-0.2, -0.15) is 0 Å². The second kappa shape index (κ2) is 5.46. The number of sulfonamides is 1. The van der Waals surface area contributed by atoms with Crippen LogP contribution >= 0.6 is 22.9 Å². The average molecular weight is 318 g/mol. The quantitative estimate of drug-likeness (QED) is 0.846. The van der Waals surface area contributed by atoms with Crippen LogP contribution in [-0.4, -0.2) is 13.4 Å². The van der Waals surface area contributed by atoms with E-state index in [1.807, 2.05) is 6.92 Å². The van der Waals surface area contributed by atoms with Gasteiger partial charge in [0.05, 0.1) is 12.2 Å². The minimum Gasteiger partial charge on any atom is -0.398 e. The third-order valence-corrected chi connectivity index (χ3v) is 4.97. The molecule has 2 rings (SSSR count). The summed E-state index contributed by atoms with van der Waals surface area (Å²) in [5.74, 6) is 0. The molecule has 1 aromatic carbocycles. The molecule has 0 radical (unpaired) electrons. The van der Waals surface area contributed by atoms with Crippen molar-refractivity contribution in [2.45, 2.75) is 18.4 Å². The van der Waals surface area contributed by atoms with Crippen LogP contribution in [0.1, 0.15) is 9.88 Å². The van der Waals surface area contributed by atoms with Gasteiger partial charge in [0.15, 0.2) is 0 Å². The Morgan fingerprint density at radius 3 is 2.79 bits per heavy atom. The highest BCUT2D eigenvalue weighted by atomic mass is 35.5. The lowest BCUT2D eigenvalue weighted by Gasteiger charge is -2.08. The van der Waals surface area contributed by atoms with Crippen molar-refractivity contribution in [2.75, 3.05) is 5.73 Å². The molecule has 102 valence electrons. The Kier molecular flexibility index (Phi) is 4.10. The molecule has 3 N–H and O–H groups in total. The first-order valence-corrected chi connectivity index (χ1v) is 8.02. The molecule has 0 amide bonds. The van der Waals surface area contributed by atoms with Crippen molar-refractivity contribution in [1.29, 1.82) is 0 Å². The maximum atomic E-state index is 12.1. The molecule has 2 aromatic rings. The summed E-state index contributed by atoms with van der Waals surface area (Å²) >= 11 is 7.18. The van der Waals surface area contributed by atoms with Gasteiger partial charge in [-0.25, -0.2) is 18.1 Å². The third kappa shape index (κ3) is 3.44. The Balaban J connectivity index is 2.18. The fourth-order valence-corrected chi connectivity index (χ4v) is 3.58. The number of nitrogens with one attached hydrogen (secondary N) is 1. The van der Waals surface area contributed by atoms with E-state index in [-0.39, 0.29) is 17.1 Å². The number of nitrogens with zero attached hydrogens (tertiary/aromatic N) is 1. The first kappa shape index (κ1) is 14.3. The molecule has 0 unspecified atom stereocenters. The zero-order chi connectivity index (χ0) is 14.0. The summed E-state index contributed by atoms with van der Waals surface area (Å²) in [5.41, 5.74) is 5.78. The zero-order valence-corrected chi connectivity index (χ0v) is 12.4. The Morgan fingerprint density at radius 1 is 1.47 bits per heavy atom. The molecule has 0 saturated heterocycles. The number of anilines is 1. The highest BCUT2D eigenvalue weighted by Gasteiger charge is 2.17. The van der Waals surface area contributed by atoms with Gasteiger partial charge in [0.2, 0.25) is 10.0 Å². The summed E-state index contributed by atoms with van der Waals surface area (Å²) in [5, 5.41) is 1.10. The van der Waals surface area contributed by atoms with Crippen molar-refractivity contribution in [1.82, 2.24) is 9.71 Å². The van der Waals surface area contributed by atoms with Crippen LogP contribution in [0.5, 0.6) is 0 Å². The summed E-state index contributed by atoms with van der Waals surface area (Å²) in [6, 6.07) is 4.27. The molecule has 0 atom stereocenters. The molecule has 0 fully saturated rings. The van der Waals surface area contributed by atoms with Gasteiger partial charge in [-0.1, -0.05) is 11.6 Å². The van der Waals surface area contributed by atoms with Gasteiger partial charge in [0.1, 0.15) is 9.90 Å². The van der Waals surface area contributed by atoms with E-state index >= 15 is 0 Å². The highest BCUT2D eigenvalue weighted by molar-refractivity contribution is 7.89. The molecule has 0 aliphatic rings. The van der Waals surface area contributed by atoms with Crippen LogP contribution in [0.3, 0.4) is 0 Å². The number of aryl methyl sites for hydroxylation is 1. The molecule has 0 bridgehead atoms. The molecule has 0 aliphatic heterocycles. The highest BCUT2D eigenvalue weighted by Crippen LogP contribution is 2.22. The number of hydrogen-bond donors (Lipinski definition) is 2. The van der Waals surface area contributed by atoms with E-state index in [1.165, 1.54) is 29.5 Å². The van der Waals surface area contributed by atoms with Crippen molar-refractivity contribution in [3.8, 4) is 0 Å². The van der Waals surface area contributed by atoms with Gasteiger partial charge in [0, 0.05) is 16.1 Å². The van der Waals surface area contributed by atoms with Crippen LogP contribution in [0, 0.1) is 6.92 Å². The second-order valence-electron chi connectivity index (χ2n) is 3.87. The lowest BCUT2D eigenvalue weighted by molar-refractivity contribution is 0.581. The lowest BCUT2D eigenvalue weighted by Crippen LogP contribution is -2.24. The second-order valence-corrected chi connectivity index (χ2v) is 7.36. The molecule has 0 spiro atoms. The number of aromatic nitrogens is 1. The van der Waals surface area contributed by atoms with Crippen LogP contribution in [0.15, 0.2) is 29.3 Å². The monoisotopic (exact) mass is 317 g/mol. The van der Waals surface area contributed by atoms with Crippen molar-refractivity contribution in [2.24, 2.45) is 0 Å². The fraction of sp³-hybridized carbons (Fsp3) is 0.182.